The van der Waals surface area contributed by atoms with Crippen molar-refractivity contribution in [1.29, 1.82) is 0 Å². The lowest BCUT2D eigenvalue weighted by molar-refractivity contribution is -0.274. The van der Waals surface area contributed by atoms with E-state index in [-0.39, 0.29) is 17.6 Å². The Kier molecular flexibility index (Phi) is 7.93. The lowest BCUT2D eigenvalue weighted by Gasteiger charge is -2.21. The number of benzene rings is 3. The lowest BCUT2D eigenvalue weighted by atomic mass is 10.0. The molecule has 1 fully saturated rings. The Balaban J connectivity index is 1.31. The van der Waals surface area contributed by atoms with Gasteiger partial charge >= 0.3 is 6.36 Å². The zero-order valence-corrected chi connectivity index (χ0v) is 23.1. The molecule has 5 rings (SSSR count). The molecule has 0 atom stereocenters. The van der Waals surface area contributed by atoms with Crippen LogP contribution in [0.4, 0.5) is 18.9 Å². The van der Waals surface area contributed by atoms with Crippen molar-refractivity contribution in [3.63, 3.8) is 0 Å². The second-order valence-corrected chi connectivity index (χ2v) is 10.4. The number of carbonyl (C=O) groups is 1. The summed E-state index contributed by atoms with van der Waals surface area (Å²) in [4.78, 5) is 18.7. The molecule has 0 unspecified atom stereocenters. The van der Waals surface area contributed by atoms with Crippen LogP contribution in [0.3, 0.4) is 0 Å². The Hall–Kier alpha value is -4.45. The van der Waals surface area contributed by atoms with Crippen LogP contribution in [0.15, 0.2) is 89.3 Å². The summed E-state index contributed by atoms with van der Waals surface area (Å²) in [5, 5.41) is 13.8. The van der Waals surface area contributed by atoms with Crippen molar-refractivity contribution in [1.82, 2.24) is 14.8 Å². The molecule has 2 heterocycles. The third-order valence-electron chi connectivity index (χ3n) is 6.24. The lowest BCUT2D eigenvalue weighted by Crippen LogP contribution is -2.30. The quantitative estimate of drug-likeness (QED) is 0.178. The Morgan fingerprint density at radius 2 is 1.73 bits per heavy atom. The van der Waals surface area contributed by atoms with Crippen LogP contribution in [0, 0.1) is 0 Å². The van der Waals surface area contributed by atoms with E-state index in [0.717, 1.165) is 22.4 Å². The van der Waals surface area contributed by atoms with Crippen molar-refractivity contribution >= 4 is 34.2 Å². The molecule has 1 aromatic heterocycles. The normalized spacial score (nSPS) is 15.3. The molecule has 0 saturated carbocycles. The molecule has 41 heavy (non-hydrogen) atoms. The van der Waals surface area contributed by atoms with Gasteiger partial charge in [0.15, 0.2) is 11.0 Å². The molecule has 0 aliphatic carbocycles. The first-order valence-corrected chi connectivity index (χ1v) is 13.6. The molecule has 3 aromatic carbocycles. The highest BCUT2D eigenvalue weighted by Gasteiger charge is 2.32. The number of thioether (sulfide) groups is 1. The van der Waals surface area contributed by atoms with Crippen LogP contribution in [-0.4, -0.2) is 43.7 Å². The number of nitrogens with zero attached hydrogens (tertiary/aromatic N) is 6. The SMILES string of the molecule is C/C(=N\N=C1/SCC(=O)N1c1ccccc1C(C)C)c1ccc(-c2ncn(-c3ccc(OC(F)(F)F)cc3)n2)cc1. The average Bonchev–Trinajstić information content (AvgIpc) is 3.58. The first-order valence-electron chi connectivity index (χ1n) is 12.6. The predicted molar refractivity (Wildman–Crippen MR) is 154 cm³/mol. The van der Waals surface area contributed by atoms with E-state index < -0.39 is 6.36 Å². The number of amides is 1. The molecule has 4 aromatic rings. The molecule has 210 valence electrons. The molecule has 0 radical (unpaired) electrons. The van der Waals surface area contributed by atoms with Crippen molar-refractivity contribution in [2.45, 2.75) is 33.1 Å². The second kappa shape index (κ2) is 11.6. The molecule has 0 spiro atoms. The summed E-state index contributed by atoms with van der Waals surface area (Å²) in [5.74, 6) is 0.651. The molecule has 1 aliphatic heterocycles. The summed E-state index contributed by atoms with van der Waals surface area (Å²) in [7, 11) is 0. The fourth-order valence-corrected chi connectivity index (χ4v) is 5.02. The number of para-hydroxylation sites is 1. The van der Waals surface area contributed by atoms with Gasteiger partial charge in [0.1, 0.15) is 12.1 Å². The maximum atomic E-state index is 12.7. The molecule has 8 nitrogen and oxygen atoms in total. The molecule has 0 N–H and O–H groups in total. The second-order valence-electron chi connectivity index (χ2n) is 9.43. The van der Waals surface area contributed by atoms with E-state index in [1.165, 1.54) is 47.0 Å². The zero-order chi connectivity index (χ0) is 29.1. The molecule has 12 heteroatoms. The minimum Gasteiger partial charge on any atom is -0.406 e. The number of amidine groups is 1. The van der Waals surface area contributed by atoms with Gasteiger partial charge in [-0.15, -0.1) is 23.4 Å². The van der Waals surface area contributed by atoms with Crippen molar-refractivity contribution < 1.29 is 22.7 Å². The number of hydrogen-bond acceptors (Lipinski definition) is 7. The first-order chi connectivity index (χ1) is 19.6. The number of halogens is 3. The van der Waals surface area contributed by atoms with Gasteiger partial charge in [-0.25, -0.2) is 9.67 Å². The maximum Gasteiger partial charge on any atom is 0.573 e. The Morgan fingerprint density at radius 1 is 1.02 bits per heavy atom. The van der Waals surface area contributed by atoms with Crippen molar-refractivity contribution in [2.24, 2.45) is 10.2 Å². The number of aromatic nitrogens is 3. The van der Waals surface area contributed by atoms with Crippen LogP contribution in [0.2, 0.25) is 0 Å². The highest BCUT2D eigenvalue weighted by Crippen LogP contribution is 2.33. The summed E-state index contributed by atoms with van der Waals surface area (Å²) in [6.07, 6.45) is -3.27. The monoisotopic (exact) mass is 578 g/mol. The summed E-state index contributed by atoms with van der Waals surface area (Å²) in [6, 6.07) is 20.6. The van der Waals surface area contributed by atoms with Gasteiger partial charge in [0.2, 0.25) is 5.91 Å². The first kappa shape index (κ1) is 28.1. The summed E-state index contributed by atoms with van der Waals surface area (Å²) in [5.41, 5.74) is 4.67. The summed E-state index contributed by atoms with van der Waals surface area (Å²) >= 11 is 1.36. The molecular weight excluding hydrogens is 553 g/mol. The molecule has 1 amide bonds. The fourth-order valence-electron chi connectivity index (χ4n) is 4.21. The highest BCUT2D eigenvalue weighted by atomic mass is 32.2. The molecule has 1 aliphatic rings. The van der Waals surface area contributed by atoms with E-state index in [2.05, 4.69) is 38.9 Å². The number of carbonyl (C=O) groups excluding carboxylic acids is 1. The minimum absolute atomic E-state index is 0.0309. The van der Waals surface area contributed by atoms with Crippen molar-refractivity contribution in [2.75, 3.05) is 10.7 Å². The maximum absolute atomic E-state index is 12.7. The van der Waals surface area contributed by atoms with E-state index in [1.54, 1.807) is 4.90 Å². The van der Waals surface area contributed by atoms with E-state index in [9.17, 15) is 18.0 Å². The average molecular weight is 579 g/mol. The molecular formula is C29H25F3N6O2S. The van der Waals surface area contributed by atoms with Crippen molar-refractivity contribution in [3.8, 4) is 22.8 Å². The molecule has 1 saturated heterocycles. The predicted octanol–water partition coefficient (Wildman–Crippen LogP) is 6.82. The third-order valence-corrected chi connectivity index (χ3v) is 7.15. The van der Waals surface area contributed by atoms with Crippen LogP contribution in [-0.2, 0) is 4.79 Å². The standard InChI is InChI=1S/C29H25F3N6O2S/c1-18(2)24-6-4-5-7-25(24)38-26(39)16-41-28(38)35-34-19(3)20-8-10-21(11-9-20)27-33-17-37(36-27)22-12-14-23(15-13-22)40-29(30,31)32/h4-15,17-18H,16H2,1-3H3/b34-19+,35-28-. The third kappa shape index (κ3) is 6.49. The van der Waals surface area contributed by atoms with E-state index in [0.29, 0.717) is 28.1 Å². The van der Waals surface area contributed by atoms with Crippen LogP contribution < -0.4 is 9.64 Å². The highest BCUT2D eigenvalue weighted by molar-refractivity contribution is 8.15. The number of ether oxygens (including phenoxy) is 1. The smallest absolute Gasteiger partial charge is 0.406 e. The summed E-state index contributed by atoms with van der Waals surface area (Å²) < 4.78 is 42.6. The Labute approximate surface area is 238 Å². The van der Waals surface area contributed by atoms with Crippen molar-refractivity contribution in [3.05, 3.63) is 90.3 Å². The van der Waals surface area contributed by atoms with E-state index in [4.69, 9.17) is 0 Å². The summed E-state index contributed by atoms with van der Waals surface area (Å²) in [6.45, 7) is 6.01. The van der Waals surface area contributed by atoms with Crippen LogP contribution >= 0.6 is 11.8 Å². The van der Waals surface area contributed by atoms with Gasteiger partial charge in [-0.05, 0) is 54.3 Å². The van der Waals surface area contributed by atoms with Gasteiger partial charge in [-0.1, -0.05) is 68.1 Å². The van der Waals surface area contributed by atoms with Gasteiger partial charge < -0.3 is 4.74 Å². The number of alkyl halides is 3. The molecule has 0 bridgehead atoms. The number of hydrogen-bond donors (Lipinski definition) is 0. The van der Waals surface area contributed by atoms with Gasteiger partial charge in [-0.2, -0.15) is 5.10 Å². The number of rotatable bonds is 7. The van der Waals surface area contributed by atoms with Gasteiger partial charge in [0.05, 0.1) is 22.8 Å². The number of anilines is 1. The van der Waals surface area contributed by atoms with E-state index in [1.807, 2.05) is 55.5 Å². The van der Waals surface area contributed by atoms with Crippen LogP contribution in [0.1, 0.15) is 37.8 Å². The van der Waals surface area contributed by atoms with Gasteiger partial charge in [0.25, 0.3) is 0 Å². The topological polar surface area (TPSA) is 85.0 Å². The minimum atomic E-state index is -4.75. The van der Waals surface area contributed by atoms with Crippen LogP contribution in [0.5, 0.6) is 5.75 Å². The van der Waals surface area contributed by atoms with Crippen LogP contribution in [0.25, 0.3) is 17.1 Å². The Bertz CT molecular complexity index is 1610. The Morgan fingerprint density at radius 3 is 2.41 bits per heavy atom. The van der Waals surface area contributed by atoms with E-state index >= 15 is 0 Å². The largest absolute Gasteiger partial charge is 0.573 e. The zero-order valence-electron chi connectivity index (χ0n) is 22.3. The van der Waals surface area contributed by atoms with Gasteiger partial charge in [-0.3, -0.25) is 9.69 Å². The fraction of sp³-hybridized carbons (Fsp3) is 0.207. The van der Waals surface area contributed by atoms with Gasteiger partial charge in [0, 0.05) is 5.56 Å².